The monoisotopic (exact) mass is 238 g/mol. The Morgan fingerprint density at radius 3 is 2.07 bits per heavy atom. The molecule has 2 unspecified atom stereocenters. The van der Waals surface area contributed by atoms with E-state index in [0.29, 0.717) is 0 Å². The number of ether oxygens (including phenoxy) is 1. The summed E-state index contributed by atoms with van der Waals surface area (Å²) in [5, 5.41) is 8.89. The van der Waals surface area contributed by atoms with Crippen molar-refractivity contribution in [2.75, 3.05) is 6.61 Å². The van der Waals surface area contributed by atoms with E-state index in [-0.39, 0.29) is 0 Å². The molecule has 90 valence electrons. The summed E-state index contributed by atoms with van der Waals surface area (Å²) in [5.74, 6) is -5.86. The van der Waals surface area contributed by atoms with Gasteiger partial charge >= 0.3 is 12.4 Å². The van der Waals surface area contributed by atoms with Crippen molar-refractivity contribution >= 4 is 0 Å². The van der Waals surface area contributed by atoms with E-state index in [2.05, 4.69) is 4.74 Å². The molecular formula is C7H8F6O2. The van der Waals surface area contributed by atoms with Crippen LogP contribution in [0.4, 0.5) is 26.3 Å². The number of hydrogen-bond donors (Lipinski definition) is 1. The maximum absolute atomic E-state index is 12.1. The molecule has 15 heavy (non-hydrogen) atoms. The first kappa shape index (κ1) is 12.6. The zero-order chi connectivity index (χ0) is 11.9. The van der Waals surface area contributed by atoms with Crippen LogP contribution in [0.3, 0.4) is 0 Å². The first-order chi connectivity index (χ1) is 6.56. The second kappa shape index (κ2) is 3.51. The topological polar surface area (TPSA) is 29.5 Å². The first-order valence-corrected chi connectivity index (χ1v) is 4.06. The van der Waals surface area contributed by atoms with Gasteiger partial charge < -0.3 is 9.84 Å². The summed E-state index contributed by atoms with van der Waals surface area (Å²) in [6.45, 7) is -0.764. The van der Waals surface area contributed by atoms with Crippen molar-refractivity contribution in [3.8, 4) is 0 Å². The fraction of sp³-hybridized carbons (Fsp3) is 1.00. The van der Waals surface area contributed by atoms with Crippen LogP contribution < -0.4 is 0 Å². The highest BCUT2D eigenvalue weighted by atomic mass is 19.4. The van der Waals surface area contributed by atoms with Crippen LogP contribution in [-0.2, 0) is 4.74 Å². The first-order valence-electron chi connectivity index (χ1n) is 4.06. The zero-order valence-corrected chi connectivity index (χ0v) is 7.32. The zero-order valence-electron chi connectivity index (χ0n) is 7.32. The van der Waals surface area contributed by atoms with Gasteiger partial charge in [0.2, 0.25) is 0 Å². The van der Waals surface area contributed by atoms with Crippen LogP contribution in [0.5, 0.6) is 0 Å². The molecule has 0 radical (unpaired) electrons. The molecule has 2 atom stereocenters. The number of aliphatic hydroxyl groups is 1. The predicted octanol–water partition coefficient (Wildman–Crippen LogP) is 2.23. The number of alkyl halides is 6. The van der Waals surface area contributed by atoms with Gasteiger partial charge in [-0.15, -0.1) is 0 Å². The third-order valence-corrected chi connectivity index (χ3v) is 2.24. The lowest BCUT2D eigenvalue weighted by Crippen LogP contribution is -2.53. The molecule has 1 N–H and O–H groups in total. The molecular weight excluding hydrogens is 230 g/mol. The van der Waals surface area contributed by atoms with E-state index in [1.54, 1.807) is 0 Å². The largest absolute Gasteiger partial charge is 0.443 e. The Kier molecular flexibility index (Phi) is 2.94. The Morgan fingerprint density at radius 1 is 1.13 bits per heavy atom. The molecule has 1 rings (SSSR count). The lowest BCUT2D eigenvalue weighted by Gasteiger charge is -2.38. The summed E-state index contributed by atoms with van der Waals surface area (Å²) in [6.07, 6.45) is -12.0. The van der Waals surface area contributed by atoms with E-state index in [4.69, 9.17) is 5.11 Å². The molecule has 0 aromatic carbocycles. The van der Waals surface area contributed by atoms with Crippen LogP contribution in [0, 0.1) is 5.92 Å². The maximum atomic E-state index is 12.1. The summed E-state index contributed by atoms with van der Waals surface area (Å²) in [4.78, 5) is 0. The molecule has 1 aliphatic rings. The van der Waals surface area contributed by atoms with Gasteiger partial charge in [0.05, 0.1) is 12.5 Å². The highest BCUT2D eigenvalue weighted by Crippen LogP contribution is 2.45. The van der Waals surface area contributed by atoms with Gasteiger partial charge in [-0.2, -0.15) is 26.3 Å². The van der Waals surface area contributed by atoms with Crippen molar-refractivity contribution in [1.29, 1.82) is 0 Å². The van der Waals surface area contributed by atoms with Crippen molar-refractivity contribution in [2.24, 2.45) is 5.92 Å². The van der Waals surface area contributed by atoms with E-state index in [1.807, 2.05) is 0 Å². The van der Waals surface area contributed by atoms with E-state index in [0.717, 1.165) is 0 Å². The quantitative estimate of drug-likeness (QED) is 0.656. The molecule has 0 aromatic rings. The summed E-state index contributed by atoms with van der Waals surface area (Å²) in [5.41, 5.74) is 0. The minimum atomic E-state index is -5.21. The second-order valence-electron chi connectivity index (χ2n) is 3.36. The van der Waals surface area contributed by atoms with Gasteiger partial charge in [-0.1, -0.05) is 0 Å². The Balaban J connectivity index is 2.80. The van der Waals surface area contributed by atoms with E-state index in [9.17, 15) is 26.3 Å². The number of halogens is 6. The Morgan fingerprint density at radius 2 is 1.67 bits per heavy atom. The average molecular weight is 238 g/mol. The number of hydrogen-bond acceptors (Lipinski definition) is 2. The van der Waals surface area contributed by atoms with Crippen LogP contribution >= 0.6 is 0 Å². The van der Waals surface area contributed by atoms with Gasteiger partial charge in [0.15, 0.2) is 0 Å². The predicted molar refractivity (Wildman–Crippen MR) is 35.7 cm³/mol. The Hall–Kier alpha value is -0.500. The molecule has 2 nitrogen and oxygen atoms in total. The maximum Gasteiger partial charge on any atom is 0.443 e. The molecule has 0 bridgehead atoms. The molecule has 1 fully saturated rings. The van der Waals surface area contributed by atoms with Crippen molar-refractivity contribution in [3.05, 3.63) is 0 Å². The van der Waals surface area contributed by atoms with Gasteiger partial charge in [0, 0.05) is 6.42 Å². The van der Waals surface area contributed by atoms with Crippen LogP contribution in [0.25, 0.3) is 0 Å². The fourth-order valence-electron chi connectivity index (χ4n) is 1.34. The third kappa shape index (κ3) is 2.54. The van der Waals surface area contributed by atoms with Crippen molar-refractivity contribution < 1.29 is 36.2 Å². The molecule has 0 amide bonds. The van der Waals surface area contributed by atoms with Crippen LogP contribution in [0.2, 0.25) is 0 Å². The molecule has 1 heterocycles. The van der Waals surface area contributed by atoms with Gasteiger partial charge in [-0.3, -0.25) is 0 Å². The Bertz CT molecular complexity index is 235. The minimum absolute atomic E-state index is 0.568. The second-order valence-corrected chi connectivity index (χ2v) is 3.36. The summed E-state index contributed by atoms with van der Waals surface area (Å²) in [6, 6.07) is 0. The molecule has 0 saturated carbocycles. The lowest BCUT2D eigenvalue weighted by atomic mass is 9.92. The highest BCUT2D eigenvalue weighted by molar-refractivity contribution is 4.86. The van der Waals surface area contributed by atoms with Crippen molar-refractivity contribution in [3.63, 3.8) is 0 Å². The summed E-state index contributed by atoms with van der Waals surface area (Å²) >= 11 is 0. The van der Waals surface area contributed by atoms with E-state index >= 15 is 0 Å². The molecule has 1 saturated heterocycles. The fourth-order valence-corrected chi connectivity index (χ4v) is 1.34. The normalized spacial score (nSPS) is 34.2. The van der Waals surface area contributed by atoms with Crippen LogP contribution in [-0.4, -0.2) is 29.9 Å². The van der Waals surface area contributed by atoms with Crippen LogP contribution in [0.15, 0.2) is 0 Å². The van der Waals surface area contributed by atoms with Crippen molar-refractivity contribution in [2.45, 2.75) is 31.0 Å². The van der Waals surface area contributed by atoms with Crippen LogP contribution in [0.1, 0.15) is 12.8 Å². The van der Waals surface area contributed by atoms with Gasteiger partial charge in [-0.25, -0.2) is 0 Å². The summed E-state index contributed by atoms with van der Waals surface area (Å²) < 4.78 is 76.8. The van der Waals surface area contributed by atoms with E-state index in [1.165, 1.54) is 0 Å². The third-order valence-electron chi connectivity index (χ3n) is 2.24. The molecule has 0 aromatic heterocycles. The molecule has 0 aliphatic carbocycles. The average Bonchev–Trinajstić information content (AvgIpc) is 2.00. The van der Waals surface area contributed by atoms with Gasteiger partial charge in [0.1, 0.15) is 0 Å². The Labute approximate surface area is 80.8 Å². The smallest absolute Gasteiger partial charge is 0.358 e. The standard InChI is InChI=1S/C7H8F6O2/c8-6(9,10)4-1-2-15-5(14,3-4)7(11,12)13/h4,14H,1-3H2. The highest BCUT2D eigenvalue weighted by Gasteiger charge is 2.61. The molecule has 8 heteroatoms. The molecule has 0 spiro atoms. The number of rotatable bonds is 0. The minimum Gasteiger partial charge on any atom is -0.358 e. The lowest BCUT2D eigenvalue weighted by molar-refractivity contribution is -0.391. The SMILES string of the molecule is OC1(C(F)(F)F)CC(C(F)(F)F)CCO1. The van der Waals surface area contributed by atoms with E-state index < -0.39 is 43.5 Å². The van der Waals surface area contributed by atoms with Crippen molar-refractivity contribution in [1.82, 2.24) is 0 Å². The summed E-state index contributed by atoms with van der Waals surface area (Å²) in [7, 11) is 0. The molecule has 1 aliphatic heterocycles. The van der Waals surface area contributed by atoms with Gasteiger partial charge in [0.25, 0.3) is 5.79 Å². The van der Waals surface area contributed by atoms with Gasteiger partial charge in [-0.05, 0) is 6.42 Å².